The second kappa shape index (κ2) is 9.88. The topological polar surface area (TPSA) is 40.2 Å². The first kappa shape index (κ1) is 17.1. The van der Waals surface area contributed by atoms with Crippen LogP contribution in [-0.2, 0) is 18.0 Å². The summed E-state index contributed by atoms with van der Waals surface area (Å²) in [6.45, 7) is 3.81. The molecule has 0 spiro atoms. The molecule has 1 unspecified atom stereocenters. The van der Waals surface area contributed by atoms with Crippen molar-refractivity contribution in [3.8, 4) is 0 Å². The Hall–Kier alpha value is 0.0569. The molecule has 4 nitrogen and oxygen atoms in total. The number of unbranched alkanes of at least 4 members (excludes halogenated alkanes) is 5. The van der Waals surface area contributed by atoms with Crippen molar-refractivity contribution in [1.29, 1.82) is 0 Å². The van der Waals surface area contributed by atoms with Crippen LogP contribution in [0.15, 0.2) is 0 Å². The van der Waals surface area contributed by atoms with E-state index in [0.717, 1.165) is 25.5 Å². The van der Waals surface area contributed by atoms with E-state index < -0.39 is 8.80 Å². The van der Waals surface area contributed by atoms with E-state index >= 15 is 0 Å². The summed E-state index contributed by atoms with van der Waals surface area (Å²) in [5, 5.41) is 0. The predicted molar refractivity (Wildman–Crippen MR) is 78.3 cm³/mol. The third-order valence-corrected chi connectivity index (χ3v) is 6.48. The molecule has 1 aliphatic heterocycles. The van der Waals surface area contributed by atoms with Crippen molar-refractivity contribution < 1.29 is 18.0 Å². The molecular formula is C14H30O4Si. The van der Waals surface area contributed by atoms with Gasteiger partial charge in [-0.1, -0.05) is 39.0 Å². The van der Waals surface area contributed by atoms with Crippen molar-refractivity contribution in [2.75, 3.05) is 27.4 Å². The zero-order chi connectivity index (χ0) is 14.0. The molecule has 1 aliphatic rings. The lowest BCUT2D eigenvalue weighted by atomic mass is 10.1. The van der Waals surface area contributed by atoms with E-state index in [2.05, 4.69) is 6.92 Å². The van der Waals surface area contributed by atoms with Crippen molar-refractivity contribution >= 4 is 8.80 Å². The van der Waals surface area contributed by atoms with E-state index in [0.29, 0.717) is 12.7 Å². The van der Waals surface area contributed by atoms with E-state index in [1.54, 1.807) is 14.2 Å². The zero-order valence-electron chi connectivity index (χ0n) is 12.8. The second-order valence-electron chi connectivity index (χ2n) is 5.20. The van der Waals surface area contributed by atoms with Gasteiger partial charge in [0.15, 0.2) is 0 Å². The minimum absolute atomic E-state index is 0.412. The summed E-state index contributed by atoms with van der Waals surface area (Å²) >= 11 is 0. The summed E-state index contributed by atoms with van der Waals surface area (Å²) in [5.74, 6) is 0. The van der Waals surface area contributed by atoms with Crippen molar-refractivity contribution in [1.82, 2.24) is 0 Å². The fraction of sp³-hybridized carbons (Fsp3) is 1.00. The minimum Gasteiger partial charge on any atom is -0.377 e. The van der Waals surface area contributed by atoms with Crippen molar-refractivity contribution in [2.45, 2.75) is 64.0 Å². The average Bonchev–Trinajstić information content (AvgIpc) is 3.25. The molecule has 0 aromatic rings. The normalized spacial score (nSPS) is 18.8. The molecule has 114 valence electrons. The predicted octanol–water partition coefficient (Wildman–Crippen LogP) is 3.38. The Morgan fingerprint density at radius 3 is 2.26 bits per heavy atom. The summed E-state index contributed by atoms with van der Waals surface area (Å²) in [4.78, 5) is 0. The average molecular weight is 290 g/mol. The van der Waals surface area contributed by atoms with Gasteiger partial charge in [0.1, 0.15) is 0 Å². The van der Waals surface area contributed by atoms with Crippen molar-refractivity contribution in [3.63, 3.8) is 0 Å². The molecule has 1 heterocycles. The molecule has 19 heavy (non-hydrogen) atoms. The third kappa shape index (κ3) is 7.42. The quantitative estimate of drug-likeness (QED) is 0.296. The molecule has 1 atom stereocenters. The van der Waals surface area contributed by atoms with Crippen LogP contribution in [0, 0.1) is 0 Å². The zero-order valence-corrected chi connectivity index (χ0v) is 13.8. The van der Waals surface area contributed by atoms with Gasteiger partial charge in [-0.3, -0.25) is 0 Å². The summed E-state index contributed by atoms with van der Waals surface area (Å²) in [5.41, 5.74) is 0. The van der Waals surface area contributed by atoms with Crippen LogP contribution in [0.4, 0.5) is 0 Å². The molecule has 1 rings (SSSR count). The van der Waals surface area contributed by atoms with Gasteiger partial charge in [0.05, 0.1) is 12.7 Å². The lowest BCUT2D eigenvalue weighted by Gasteiger charge is -2.26. The number of hydrogen-bond donors (Lipinski definition) is 0. The Morgan fingerprint density at radius 2 is 1.68 bits per heavy atom. The molecule has 1 fully saturated rings. The van der Waals surface area contributed by atoms with E-state index in [1.165, 1.54) is 32.1 Å². The van der Waals surface area contributed by atoms with Crippen LogP contribution in [-0.4, -0.2) is 42.3 Å². The van der Waals surface area contributed by atoms with Gasteiger partial charge < -0.3 is 18.0 Å². The van der Waals surface area contributed by atoms with Crippen LogP contribution in [0.2, 0.25) is 6.04 Å². The van der Waals surface area contributed by atoms with Crippen LogP contribution in [0.25, 0.3) is 0 Å². The van der Waals surface area contributed by atoms with Crippen molar-refractivity contribution in [2.24, 2.45) is 0 Å². The Kier molecular flexibility index (Phi) is 8.90. The number of epoxide rings is 1. The largest absolute Gasteiger partial charge is 0.500 e. The highest BCUT2D eigenvalue weighted by molar-refractivity contribution is 6.60. The van der Waals surface area contributed by atoms with Gasteiger partial charge >= 0.3 is 8.80 Å². The highest BCUT2D eigenvalue weighted by Gasteiger charge is 2.38. The monoisotopic (exact) mass is 290 g/mol. The van der Waals surface area contributed by atoms with Crippen LogP contribution in [0.5, 0.6) is 0 Å². The van der Waals surface area contributed by atoms with Gasteiger partial charge in [0, 0.05) is 26.9 Å². The Balaban J connectivity index is 2.13. The lowest BCUT2D eigenvalue weighted by molar-refractivity contribution is 0.0939. The van der Waals surface area contributed by atoms with Crippen LogP contribution in [0.1, 0.15) is 51.9 Å². The number of ether oxygens (including phenoxy) is 1. The smallest absolute Gasteiger partial charge is 0.377 e. The summed E-state index contributed by atoms with van der Waals surface area (Å²) < 4.78 is 22.2. The summed E-state index contributed by atoms with van der Waals surface area (Å²) in [7, 11) is 1.01. The van der Waals surface area contributed by atoms with Crippen LogP contribution < -0.4 is 0 Å². The summed E-state index contributed by atoms with van der Waals surface area (Å²) in [6.07, 6.45) is 9.03. The van der Waals surface area contributed by atoms with Gasteiger partial charge in [0.2, 0.25) is 0 Å². The highest BCUT2D eigenvalue weighted by Crippen LogP contribution is 2.21. The van der Waals surface area contributed by atoms with E-state index in [4.69, 9.17) is 18.0 Å². The van der Waals surface area contributed by atoms with Crippen LogP contribution >= 0.6 is 0 Å². The maximum absolute atomic E-state index is 5.92. The fourth-order valence-corrected chi connectivity index (χ4v) is 4.25. The van der Waals surface area contributed by atoms with Crippen molar-refractivity contribution in [3.05, 3.63) is 0 Å². The van der Waals surface area contributed by atoms with Crippen LogP contribution in [0.3, 0.4) is 0 Å². The SMILES string of the molecule is CCCCCCCC[Si](OC)(OC)OCCC1CO1. The second-order valence-corrected chi connectivity index (χ2v) is 8.17. The summed E-state index contributed by atoms with van der Waals surface area (Å²) in [6, 6.07) is 0.928. The number of hydrogen-bond acceptors (Lipinski definition) is 4. The van der Waals surface area contributed by atoms with E-state index in [1.807, 2.05) is 0 Å². The number of rotatable bonds is 13. The highest BCUT2D eigenvalue weighted by atomic mass is 28.4. The van der Waals surface area contributed by atoms with E-state index in [-0.39, 0.29) is 0 Å². The maximum Gasteiger partial charge on any atom is 0.500 e. The Bertz CT molecular complexity index is 217. The molecule has 0 saturated carbocycles. The Labute approximate surface area is 119 Å². The minimum atomic E-state index is -2.41. The molecule has 0 bridgehead atoms. The molecule has 0 N–H and O–H groups in total. The van der Waals surface area contributed by atoms with Gasteiger partial charge in [0.25, 0.3) is 0 Å². The molecule has 0 aromatic carbocycles. The first-order chi connectivity index (χ1) is 9.26. The maximum atomic E-state index is 5.92. The molecule has 0 aliphatic carbocycles. The molecule has 0 amide bonds. The lowest BCUT2D eigenvalue weighted by Crippen LogP contribution is -2.44. The standard InChI is InChI=1S/C14H30O4Si/c1-4-5-6-7-8-9-12-19(15-2,16-3)18-11-10-14-13-17-14/h14H,4-13H2,1-3H3. The molecule has 1 saturated heterocycles. The van der Waals surface area contributed by atoms with E-state index in [9.17, 15) is 0 Å². The van der Waals surface area contributed by atoms with Gasteiger partial charge in [-0.05, 0) is 12.8 Å². The first-order valence-corrected chi connectivity index (χ1v) is 9.55. The van der Waals surface area contributed by atoms with Gasteiger partial charge in [-0.25, -0.2) is 0 Å². The Morgan fingerprint density at radius 1 is 1.05 bits per heavy atom. The van der Waals surface area contributed by atoms with Gasteiger partial charge in [-0.15, -0.1) is 0 Å². The molecule has 0 aromatic heterocycles. The third-order valence-electron chi connectivity index (χ3n) is 3.62. The first-order valence-electron chi connectivity index (χ1n) is 7.62. The van der Waals surface area contributed by atoms with Gasteiger partial charge in [-0.2, -0.15) is 0 Å². The molecule has 0 radical (unpaired) electrons. The fourth-order valence-electron chi connectivity index (χ4n) is 2.18. The molecule has 5 heteroatoms. The molecular weight excluding hydrogens is 260 g/mol.